The number of carbonyl (C=O) groups is 1. The molecule has 1 atom stereocenters. The van der Waals surface area contributed by atoms with Gasteiger partial charge in [-0.15, -0.1) is 11.3 Å². The minimum absolute atomic E-state index is 0.0195. The van der Waals surface area contributed by atoms with Crippen molar-refractivity contribution in [2.75, 3.05) is 6.61 Å². The topological polar surface area (TPSA) is 38.3 Å². The predicted octanol–water partition coefficient (Wildman–Crippen LogP) is 6.22. The van der Waals surface area contributed by atoms with Crippen LogP contribution < -0.4 is 10.1 Å². The normalized spacial score (nSPS) is 19.6. The fourth-order valence-corrected chi connectivity index (χ4v) is 4.66. The van der Waals surface area contributed by atoms with Gasteiger partial charge in [-0.3, -0.25) is 4.79 Å². The molecule has 0 spiro atoms. The third kappa shape index (κ3) is 4.67. The van der Waals surface area contributed by atoms with Gasteiger partial charge in [0.05, 0.1) is 12.1 Å². The SMILES string of the molecule is CCCCCCOc1ccc(C2(C)CC(c3ccc(C)s3)=C(C)C(=O)N2)cc1. The maximum absolute atomic E-state index is 12.7. The molecule has 1 unspecified atom stereocenters. The first-order valence-corrected chi connectivity index (χ1v) is 11.1. The van der Waals surface area contributed by atoms with Crippen molar-refractivity contribution < 1.29 is 9.53 Å². The lowest BCUT2D eigenvalue weighted by Gasteiger charge is -2.37. The Kier molecular flexibility index (Phi) is 6.61. The smallest absolute Gasteiger partial charge is 0.247 e. The molecule has 1 aliphatic heterocycles. The second kappa shape index (κ2) is 8.95. The molecule has 2 aromatic rings. The van der Waals surface area contributed by atoms with Crippen LogP contribution in [0.25, 0.3) is 5.57 Å². The molecule has 1 N–H and O–H groups in total. The Morgan fingerprint density at radius 3 is 2.46 bits per heavy atom. The van der Waals surface area contributed by atoms with Crippen LogP contribution in [0.15, 0.2) is 42.0 Å². The number of aryl methyl sites for hydroxylation is 1. The summed E-state index contributed by atoms with van der Waals surface area (Å²) in [4.78, 5) is 15.1. The molecular weight excluding hydrogens is 366 g/mol. The highest BCUT2D eigenvalue weighted by molar-refractivity contribution is 7.13. The number of hydrogen-bond donors (Lipinski definition) is 1. The molecule has 0 bridgehead atoms. The van der Waals surface area contributed by atoms with Crippen LogP contribution in [0.5, 0.6) is 5.75 Å². The molecule has 150 valence electrons. The van der Waals surface area contributed by atoms with Gasteiger partial charge in [0.25, 0.3) is 0 Å². The van der Waals surface area contributed by atoms with E-state index in [1.165, 1.54) is 29.0 Å². The molecule has 4 heteroatoms. The van der Waals surface area contributed by atoms with Crippen LogP contribution in [-0.4, -0.2) is 12.5 Å². The average molecular weight is 398 g/mol. The third-order valence-corrected chi connectivity index (χ3v) is 6.57. The van der Waals surface area contributed by atoms with Gasteiger partial charge in [0.1, 0.15) is 5.75 Å². The minimum atomic E-state index is -0.413. The standard InChI is InChI=1S/C24H31NO2S/c1-5-6-7-8-15-27-20-12-10-19(11-13-20)24(4)16-21(18(3)23(26)25-24)22-14-9-17(2)28-22/h9-14H,5-8,15-16H2,1-4H3,(H,25,26). The van der Waals surface area contributed by atoms with Crippen LogP contribution in [0.4, 0.5) is 0 Å². The number of benzene rings is 1. The maximum atomic E-state index is 12.7. The lowest BCUT2D eigenvalue weighted by Crippen LogP contribution is -2.47. The summed E-state index contributed by atoms with van der Waals surface area (Å²) < 4.78 is 5.86. The molecule has 0 fully saturated rings. The first-order chi connectivity index (χ1) is 13.4. The second-order valence-corrected chi connectivity index (χ2v) is 9.20. The van der Waals surface area contributed by atoms with Crippen LogP contribution in [0, 0.1) is 6.92 Å². The van der Waals surface area contributed by atoms with E-state index in [1.54, 1.807) is 11.3 Å². The van der Waals surface area contributed by atoms with E-state index in [4.69, 9.17) is 4.74 Å². The summed E-state index contributed by atoms with van der Waals surface area (Å²) in [5.41, 5.74) is 2.67. The first kappa shape index (κ1) is 20.7. The average Bonchev–Trinajstić information content (AvgIpc) is 3.11. The van der Waals surface area contributed by atoms with Gasteiger partial charge in [-0.2, -0.15) is 0 Å². The first-order valence-electron chi connectivity index (χ1n) is 10.3. The number of thiophene rings is 1. The number of rotatable bonds is 8. The van der Waals surface area contributed by atoms with Crippen LogP contribution in [-0.2, 0) is 10.3 Å². The number of hydrogen-bond acceptors (Lipinski definition) is 3. The predicted molar refractivity (Wildman–Crippen MR) is 118 cm³/mol. The summed E-state index contributed by atoms with van der Waals surface area (Å²) in [5.74, 6) is 0.915. The van der Waals surface area contributed by atoms with E-state index in [9.17, 15) is 4.79 Å². The zero-order chi connectivity index (χ0) is 20.1. The van der Waals surface area contributed by atoms with E-state index in [1.807, 2.05) is 19.1 Å². The van der Waals surface area contributed by atoms with E-state index < -0.39 is 5.54 Å². The molecule has 28 heavy (non-hydrogen) atoms. The Labute approximate surface area is 172 Å². The second-order valence-electron chi connectivity index (χ2n) is 7.91. The minimum Gasteiger partial charge on any atom is -0.494 e. The van der Waals surface area contributed by atoms with Gasteiger partial charge in [0, 0.05) is 21.7 Å². The third-order valence-electron chi connectivity index (χ3n) is 5.51. The summed E-state index contributed by atoms with van der Waals surface area (Å²) in [5, 5.41) is 3.22. The van der Waals surface area contributed by atoms with Crippen molar-refractivity contribution >= 4 is 22.8 Å². The molecule has 1 aromatic carbocycles. The number of ether oxygens (including phenoxy) is 1. The van der Waals surface area contributed by atoms with Crippen molar-refractivity contribution in [2.24, 2.45) is 0 Å². The molecule has 3 nitrogen and oxygen atoms in total. The van der Waals surface area contributed by atoms with Crippen molar-refractivity contribution in [3.63, 3.8) is 0 Å². The van der Waals surface area contributed by atoms with Crippen molar-refractivity contribution in [3.8, 4) is 5.75 Å². The number of nitrogens with one attached hydrogen (secondary N) is 1. The largest absolute Gasteiger partial charge is 0.494 e. The molecule has 1 aliphatic rings. The van der Waals surface area contributed by atoms with Crippen molar-refractivity contribution in [3.05, 3.63) is 57.3 Å². The summed E-state index contributed by atoms with van der Waals surface area (Å²) in [6.45, 7) is 9.11. The van der Waals surface area contributed by atoms with E-state index in [0.717, 1.165) is 41.9 Å². The molecule has 2 heterocycles. The molecule has 1 aromatic heterocycles. The summed E-state index contributed by atoms with van der Waals surface area (Å²) in [6.07, 6.45) is 5.60. The fraction of sp³-hybridized carbons (Fsp3) is 0.458. The zero-order valence-electron chi connectivity index (χ0n) is 17.4. The van der Waals surface area contributed by atoms with Crippen LogP contribution >= 0.6 is 11.3 Å². The van der Waals surface area contributed by atoms with E-state index in [-0.39, 0.29) is 5.91 Å². The van der Waals surface area contributed by atoms with Gasteiger partial charge < -0.3 is 10.1 Å². The fourth-order valence-electron chi connectivity index (χ4n) is 3.69. The molecule has 0 saturated heterocycles. The highest BCUT2D eigenvalue weighted by Gasteiger charge is 2.36. The lowest BCUT2D eigenvalue weighted by molar-refractivity contribution is -0.119. The van der Waals surface area contributed by atoms with E-state index in [0.29, 0.717) is 0 Å². The van der Waals surface area contributed by atoms with Gasteiger partial charge in [-0.1, -0.05) is 38.3 Å². The summed E-state index contributed by atoms with van der Waals surface area (Å²) in [6, 6.07) is 12.5. The van der Waals surface area contributed by atoms with Gasteiger partial charge in [-0.05, 0) is 62.6 Å². The van der Waals surface area contributed by atoms with Gasteiger partial charge in [0.2, 0.25) is 5.91 Å². The summed E-state index contributed by atoms with van der Waals surface area (Å²) >= 11 is 1.76. The number of carbonyl (C=O) groups excluding carboxylic acids is 1. The van der Waals surface area contributed by atoms with E-state index in [2.05, 4.69) is 50.4 Å². The Hall–Kier alpha value is -2.07. The van der Waals surface area contributed by atoms with Gasteiger partial charge in [0.15, 0.2) is 0 Å². The molecule has 3 rings (SSSR count). The quantitative estimate of drug-likeness (QED) is 0.537. The zero-order valence-corrected chi connectivity index (χ0v) is 18.2. The monoisotopic (exact) mass is 397 g/mol. The number of unbranched alkanes of at least 4 members (excludes halogenated alkanes) is 3. The van der Waals surface area contributed by atoms with Crippen molar-refractivity contribution in [1.82, 2.24) is 5.32 Å². The lowest BCUT2D eigenvalue weighted by atomic mass is 9.80. The Bertz CT molecular complexity index is 850. The molecule has 0 aliphatic carbocycles. The molecule has 0 radical (unpaired) electrons. The molecule has 0 saturated carbocycles. The van der Waals surface area contributed by atoms with Crippen molar-refractivity contribution in [1.29, 1.82) is 0 Å². The van der Waals surface area contributed by atoms with Crippen LogP contribution in [0.1, 0.15) is 68.2 Å². The van der Waals surface area contributed by atoms with Gasteiger partial charge >= 0.3 is 0 Å². The maximum Gasteiger partial charge on any atom is 0.247 e. The summed E-state index contributed by atoms with van der Waals surface area (Å²) in [7, 11) is 0. The van der Waals surface area contributed by atoms with E-state index >= 15 is 0 Å². The van der Waals surface area contributed by atoms with Crippen LogP contribution in [0.2, 0.25) is 0 Å². The Balaban J connectivity index is 1.73. The molecule has 1 amide bonds. The highest BCUT2D eigenvalue weighted by atomic mass is 32.1. The molecular formula is C24H31NO2S. The van der Waals surface area contributed by atoms with Gasteiger partial charge in [-0.25, -0.2) is 0 Å². The Morgan fingerprint density at radius 2 is 1.82 bits per heavy atom. The number of amides is 1. The van der Waals surface area contributed by atoms with Crippen LogP contribution in [0.3, 0.4) is 0 Å². The highest BCUT2D eigenvalue weighted by Crippen LogP contribution is 2.40. The van der Waals surface area contributed by atoms with Crippen molar-refractivity contribution in [2.45, 2.75) is 65.3 Å². The Morgan fingerprint density at radius 1 is 1.07 bits per heavy atom.